The molecule has 19 heavy (non-hydrogen) atoms. The number of rotatable bonds is 6. The fraction of sp³-hybridized carbons (Fsp3) is 0.357. The maximum absolute atomic E-state index is 11.6. The van der Waals surface area contributed by atoms with E-state index in [2.05, 4.69) is 17.0 Å². The van der Waals surface area contributed by atoms with Crippen LogP contribution < -0.4 is 0 Å². The van der Waals surface area contributed by atoms with Gasteiger partial charge in [0, 0.05) is 6.42 Å². The Bertz CT molecular complexity index is 522. The summed E-state index contributed by atoms with van der Waals surface area (Å²) in [5.74, 6) is 0.454. The third-order valence-electron chi connectivity index (χ3n) is 2.59. The van der Waals surface area contributed by atoms with Crippen molar-refractivity contribution in [1.82, 2.24) is 14.8 Å². The Balaban J connectivity index is 1.80. The van der Waals surface area contributed by atoms with E-state index >= 15 is 0 Å². The maximum Gasteiger partial charge on any atom is 0.328 e. The minimum Gasteiger partial charge on any atom is -0.459 e. The number of aromatic nitrogens is 3. The molecule has 0 spiro atoms. The highest BCUT2D eigenvalue weighted by atomic mass is 16.5. The Morgan fingerprint density at radius 3 is 2.84 bits per heavy atom. The van der Waals surface area contributed by atoms with Gasteiger partial charge in [0.15, 0.2) is 5.82 Å². The van der Waals surface area contributed by atoms with Gasteiger partial charge in [0.05, 0.1) is 0 Å². The summed E-state index contributed by atoms with van der Waals surface area (Å²) in [6, 6.07) is 9.59. The second-order valence-electron chi connectivity index (χ2n) is 4.25. The highest BCUT2D eigenvalue weighted by molar-refractivity contribution is 5.69. The first-order valence-corrected chi connectivity index (χ1v) is 6.36. The molecule has 1 heterocycles. The first-order chi connectivity index (χ1) is 9.28. The van der Waals surface area contributed by atoms with Gasteiger partial charge in [-0.25, -0.2) is 9.67 Å². The maximum atomic E-state index is 11.6. The van der Waals surface area contributed by atoms with E-state index in [-0.39, 0.29) is 19.1 Å². The predicted molar refractivity (Wildman–Crippen MR) is 70.3 cm³/mol. The number of benzene rings is 1. The Labute approximate surface area is 112 Å². The first-order valence-electron chi connectivity index (χ1n) is 6.36. The Morgan fingerprint density at radius 1 is 1.32 bits per heavy atom. The van der Waals surface area contributed by atoms with Gasteiger partial charge < -0.3 is 4.74 Å². The number of nitrogens with zero attached hydrogens (tertiary/aromatic N) is 3. The number of esters is 1. The topological polar surface area (TPSA) is 57.0 Å². The molecule has 0 fully saturated rings. The van der Waals surface area contributed by atoms with Crippen LogP contribution in [-0.4, -0.2) is 20.7 Å². The van der Waals surface area contributed by atoms with Crippen molar-refractivity contribution in [2.45, 2.75) is 32.9 Å². The second-order valence-corrected chi connectivity index (χ2v) is 4.25. The van der Waals surface area contributed by atoms with Crippen LogP contribution in [0, 0.1) is 0 Å². The van der Waals surface area contributed by atoms with E-state index in [0.29, 0.717) is 0 Å². The van der Waals surface area contributed by atoms with Gasteiger partial charge in [-0.15, -0.1) is 0 Å². The number of hydrogen-bond acceptors (Lipinski definition) is 4. The smallest absolute Gasteiger partial charge is 0.328 e. The van der Waals surface area contributed by atoms with Crippen molar-refractivity contribution in [2.24, 2.45) is 0 Å². The lowest BCUT2D eigenvalue weighted by Crippen LogP contribution is -2.14. The molecule has 0 aliphatic rings. The lowest BCUT2D eigenvalue weighted by Gasteiger charge is -2.04. The van der Waals surface area contributed by atoms with Gasteiger partial charge in [-0.3, -0.25) is 4.79 Å². The molecule has 5 heteroatoms. The van der Waals surface area contributed by atoms with Crippen molar-refractivity contribution in [3.63, 3.8) is 0 Å². The number of carbonyl (C=O) groups is 1. The van der Waals surface area contributed by atoms with Gasteiger partial charge >= 0.3 is 5.97 Å². The molecular weight excluding hydrogens is 242 g/mol. The summed E-state index contributed by atoms with van der Waals surface area (Å²) < 4.78 is 6.69. The molecule has 5 nitrogen and oxygen atoms in total. The minimum absolute atomic E-state index is 0.101. The van der Waals surface area contributed by atoms with Crippen LogP contribution in [0.3, 0.4) is 0 Å². The van der Waals surface area contributed by atoms with Crippen molar-refractivity contribution < 1.29 is 9.53 Å². The molecule has 0 radical (unpaired) electrons. The molecular formula is C14H17N3O2. The highest BCUT2D eigenvalue weighted by Gasteiger charge is 2.07. The van der Waals surface area contributed by atoms with Gasteiger partial charge in [0.2, 0.25) is 0 Å². The molecule has 0 aliphatic carbocycles. The van der Waals surface area contributed by atoms with E-state index in [1.165, 1.54) is 4.68 Å². The zero-order valence-corrected chi connectivity index (χ0v) is 11.0. The van der Waals surface area contributed by atoms with Crippen molar-refractivity contribution in [3.05, 3.63) is 48.0 Å². The molecule has 1 aromatic heterocycles. The normalized spacial score (nSPS) is 10.4. The van der Waals surface area contributed by atoms with Crippen LogP contribution in [0.2, 0.25) is 0 Å². The predicted octanol–water partition coefficient (Wildman–Crippen LogP) is 1.97. The summed E-state index contributed by atoms with van der Waals surface area (Å²) in [6.45, 7) is 2.45. The van der Waals surface area contributed by atoms with Crippen LogP contribution in [0.25, 0.3) is 0 Å². The minimum atomic E-state index is -0.309. The zero-order valence-electron chi connectivity index (χ0n) is 11.0. The molecule has 0 N–H and O–H groups in total. The van der Waals surface area contributed by atoms with E-state index in [9.17, 15) is 4.79 Å². The fourth-order valence-electron chi connectivity index (χ4n) is 1.66. The van der Waals surface area contributed by atoms with Crippen molar-refractivity contribution in [1.29, 1.82) is 0 Å². The van der Waals surface area contributed by atoms with Crippen LogP contribution in [0.4, 0.5) is 0 Å². The molecule has 0 saturated carbocycles. The van der Waals surface area contributed by atoms with Gasteiger partial charge in [0.1, 0.15) is 19.5 Å². The number of carbonyl (C=O) groups excluding carboxylic acids is 1. The van der Waals surface area contributed by atoms with Crippen molar-refractivity contribution in [2.75, 3.05) is 0 Å². The molecule has 0 bridgehead atoms. The summed E-state index contributed by atoms with van der Waals surface area (Å²) in [7, 11) is 0. The third kappa shape index (κ3) is 4.21. The van der Waals surface area contributed by atoms with Gasteiger partial charge in [0.25, 0.3) is 0 Å². The lowest BCUT2D eigenvalue weighted by atomic mass is 10.2. The van der Waals surface area contributed by atoms with E-state index in [4.69, 9.17) is 4.74 Å². The van der Waals surface area contributed by atoms with E-state index < -0.39 is 0 Å². The summed E-state index contributed by atoms with van der Waals surface area (Å²) in [5.41, 5.74) is 0.973. The second kappa shape index (κ2) is 6.68. The SMILES string of the molecule is CCCc1ncn(CC(=O)OCc2ccccc2)n1. The molecule has 0 saturated heterocycles. The number of aryl methyl sites for hydroxylation is 1. The molecule has 0 unspecified atom stereocenters. The molecule has 0 amide bonds. The monoisotopic (exact) mass is 259 g/mol. The molecule has 1 aromatic carbocycles. The van der Waals surface area contributed by atoms with E-state index in [0.717, 1.165) is 24.2 Å². The Hall–Kier alpha value is -2.17. The molecule has 100 valence electrons. The summed E-state index contributed by atoms with van der Waals surface area (Å²) in [4.78, 5) is 15.8. The Morgan fingerprint density at radius 2 is 2.11 bits per heavy atom. The lowest BCUT2D eigenvalue weighted by molar-refractivity contribution is -0.145. The standard InChI is InChI=1S/C14H17N3O2/c1-2-6-13-15-11-17(16-13)9-14(18)19-10-12-7-4-3-5-8-12/h3-5,7-8,11H,2,6,9-10H2,1H3. The molecule has 0 atom stereocenters. The fourth-order valence-corrected chi connectivity index (χ4v) is 1.66. The third-order valence-corrected chi connectivity index (χ3v) is 2.59. The quantitative estimate of drug-likeness (QED) is 0.744. The average molecular weight is 259 g/mol. The zero-order chi connectivity index (χ0) is 13.5. The Kier molecular flexibility index (Phi) is 4.66. The van der Waals surface area contributed by atoms with Crippen molar-refractivity contribution in [3.8, 4) is 0 Å². The van der Waals surface area contributed by atoms with Crippen LogP contribution >= 0.6 is 0 Å². The van der Waals surface area contributed by atoms with Crippen molar-refractivity contribution >= 4 is 5.97 Å². The highest BCUT2D eigenvalue weighted by Crippen LogP contribution is 2.01. The first kappa shape index (κ1) is 13.3. The van der Waals surface area contributed by atoms with Crippen LogP contribution in [0.1, 0.15) is 24.7 Å². The van der Waals surface area contributed by atoms with E-state index in [1.807, 2.05) is 30.3 Å². The van der Waals surface area contributed by atoms with Crippen LogP contribution in [-0.2, 0) is 29.1 Å². The molecule has 0 aliphatic heterocycles. The molecule has 2 aromatic rings. The number of ether oxygens (including phenoxy) is 1. The number of hydrogen-bond donors (Lipinski definition) is 0. The molecule has 2 rings (SSSR count). The van der Waals surface area contributed by atoms with Crippen LogP contribution in [0.5, 0.6) is 0 Å². The van der Waals surface area contributed by atoms with Gasteiger partial charge in [-0.05, 0) is 12.0 Å². The summed E-state index contributed by atoms with van der Waals surface area (Å²) >= 11 is 0. The largest absolute Gasteiger partial charge is 0.459 e. The average Bonchev–Trinajstić information content (AvgIpc) is 2.85. The van der Waals surface area contributed by atoms with E-state index in [1.54, 1.807) is 6.33 Å². The van der Waals surface area contributed by atoms with Gasteiger partial charge in [-0.2, -0.15) is 5.10 Å². The van der Waals surface area contributed by atoms with Gasteiger partial charge in [-0.1, -0.05) is 37.3 Å². The summed E-state index contributed by atoms with van der Waals surface area (Å²) in [6.07, 6.45) is 3.38. The van der Waals surface area contributed by atoms with Crippen LogP contribution in [0.15, 0.2) is 36.7 Å². The summed E-state index contributed by atoms with van der Waals surface area (Å²) in [5, 5.41) is 4.20.